The number of aromatic nitrogens is 4. The first-order valence-electron chi connectivity index (χ1n) is 14.7. The van der Waals surface area contributed by atoms with Crippen LogP contribution in [0.25, 0.3) is 32.7 Å². The number of nitrogens with zero attached hydrogens (tertiary/aromatic N) is 4. The monoisotopic (exact) mass is 626 g/mol. The van der Waals surface area contributed by atoms with Gasteiger partial charge in [-0.15, -0.1) is 0 Å². The van der Waals surface area contributed by atoms with E-state index in [4.69, 9.17) is 26.1 Å². The number of carbonyl (C=O) groups excluding carboxylic acids is 1. The summed E-state index contributed by atoms with van der Waals surface area (Å²) in [6.07, 6.45) is 3.19. The van der Waals surface area contributed by atoms with E-state index in [1.54, 1.807) is 30.5 Å². The van der Waals surface area contributed by atoms with E-state index in [0.29, 0.717) is 63.4 Å². The van der Waals surface area contributed by atoms with E-state index in [-0.39, 0.29) is 5.91 Å². The number of benzene rings is 4. The summed E-state index contributed by atoms with van der Waals surface area (Å²) in [6, 6.07) is 30.1. The van der Waals surface area contributed by atoms with Crippen molar-refractivity contribution in [1.29, 1.82) is 0 Å². The Bertz CT molecular complexity index is 2230. The van der Waals surface area contributed by atoms with Crippen molar-refractivity contribution in [2.75, 3.05) is 17.2 Å². The highest BCUT2D eigenvalue weighted by molar-refractivity contribution is 6.32. The number of carbonyl (C=O) groups is 1. The Balaban J connectivity index is 1.16. The predicted octanol–water partition coefficient (Wildman–Crippen LogP) is 8.35. The number of ether oxygens (including phenoxy) is 2. The highest BCUT2D eigenvalue weighted by atomic mass is 35.5. The van der Waals surface area contributed by atoms with E-state index in [9.17, 15) is 4.79 Å². The topological polar surface area (TPSA) is 111 Å². The maximum Gasteiger partial charge on any atom is 0.255 e. The maximum atomic E-state index is 13.5. The van der Waals surface area contributed by atoms with Gasteiger partial charge < -0.3 is 20.1 Å². The number of hydrogen-bond acceptors (Lipinski definition) is 8. The Kier molecular flexibility index (Phi) is 7.97. The molecule has 7 aromatic rings. The number of amides is 1. The minimum atomic E-state index is -0.283. The van der Waals surface area contributed by atoms with E-state index < -0.39 is 0 Å². The summed E-state index contributed by atoms with van der Waals surface area (Å²) < 4.78 is 11.8. The molecular weight excluding hydrogens is 600 g/mol. The van der Waals surface area contributed by atoms with Crippen molar-refractivity contribution >= 4 is 67.4 Å². The largest absolute Gasteiger partial charge is 0.492 e. The summed E-state index contributed by atoms with van der Waals surface area (Å²) in [5.74, 6) is 1.29. The molecule has 0 bridgehead atoms. The molecule has 0 unspecified atom stereocenters. The van der Waals surface area contributed by atoms with Gasteiger partial charge in [-0.25, -0.2) is 15.0 Å². The zero-order valence-corrected chi connectivity index (χ0v) is 25.5. The SMILES string of the molecule is CCOc1cc2ncnc(Nc3ccc(OCc4ccccn4)c(Cl)c3)c2cc1NC(=O)c1ccc2nc3ccccc3cc2c1. The minimum absolute atomic E-state index is 0.283. The van der Waals surface area contributed by atoms with Crippen molar-refractivity contribution in [3.8, 4) is 11.5 Å². The Morgan fingerprint density at radius 2 is 1.65 bits per heavy atom. The highest BCUT2D eigenvalue weighted by Gasteiger charge is 2.16. The molecule has 1 amide bonds. The number of nitrogens with one attached hydrogen (secondary N) is 2. The molecule has 0 spiro atoms. The molecule has 46 heavy (non-hydrogen) atoms. The van der Waals surface area contributed by atoms with Gasteiger partial charge in [-0.3, -0.25) is 9.78 Å². The molecule has 0 aliphatic heterocycles. The van der Waals surface area contributed by atoms with Crippen LogP contribution in [0.5, 0.6) is 11.5 Å². The third kappa shape index (κ3) is 6.09. The molecule has 0 saturated heterocycles. The fourth-order valence-electron chi connectivity index (χ4n) is 5.14. The number of anilines is 3. The zero-order valence-electron chi connectivity index (χ0n) is 24.7. The van der Waals surface area contributed by atoms with Crippen molar-refractivity contribution in [2.45, 2.75) is 13.5 Å². The second kappa shape index (κ2) is 12.7. The van der Waals surface area contributed by atoms with Gasteiger partial charge in [-0.2, -0.15) is 0 Å². The van der Waals surface area contributed by atoms with Crippen LogP contribution in [0, 0.1) is 0 Å². The van der Waals surface area contributed by atoms with Crippen LogP contribution in [0.4, 0.5) is 17.2 Å². The lowest BCUT2D eigenvalue weighted by Crippen LogP contribution is -2.13. The first-order chi connectivity index (χ1) is 22.5. The van der Waals surface area contributed by atoms with Crippen LogP contribution < -0.4 is 20.1 Å². The summed E-state index contributed by atoms with van der Waals surface area (Å²) in [4.78, 5) is 31.5. The van der Waals surface area contributed by atoms with E-state index in [0.717, 1.165) is 27.5 Å². The highest BCUT2D eigenvalue weighted by Crippen LogP contribution is 2.35. The van der Waals surface area contributed by atoms with Crippen LogP contribution in [0.2, 0.25) is 5.02 Å². The van der Waals surface area contributed by atoms with Crippen LogP contribution in [-0.4, -0.2) is 32.4 Å². The first kappa shape index (κ1) is 28.9. The summed E-state index contributed by atoms with van der Waals surface area (Å²) in [7, 11) is 0. The molecule has 9 nitrogen and oxygen atoms in total. The van der Waals surface area contributed by atoms with Crippen molar-refractivity contribution in [3.63, 3.8) is 0 Å². The van der Waals surface area contributed by atoms with E-state index in [2.05, 4.69) is 25.6 Å². The van der Waals surface area contributed by atoms with Crippen molar-refractivity contribution in [3.05, 3.63) is 126 Å². The average molecular weight is 627 g/mol. The number of para-hydroxylation sites is 1. The molecule has 4 aromatic carbocycles. The molecule has 0 aliphatic carbocycles. The van der Waals surface area contributed by atoms with Crippen molar-refractivity contribution in [1.82, 2.24) is 19.9 Å². The molecule has 3 heterocycles. The summed E-state index contributed by atoms with van der Waals surface area (Å²) in [5.41, 5.74) is 4.85. The van der Waals surface area contributed by atoms with Crippen LogP contribution in [-0.2, 0) is 6.61 Å². The lowest BCUT2D eigenvalue weighted by Gasteiger charge is -2.15. The second-order valence-corrected chi connectivity index (χ2v) is 10.9. The Hall–Kier alpha value is -5.80. The van der Waals surface area contributed by atoms with Gasteiger partial charge in [0, 0.05) is 39.7 Å². The van der Waals surface area contributed by atoms with Crippen LogP contribution in [0.15, 0.2) is 110 Å². The smallest absolute Gasteiger partial charge is 0.255 e. The fourth-order valence-corrected chi connectivity index (χ4v) is 5.38. The quantitative estimate of drug-likeness (QED) is 0.154. The lowest BCUT2D eigenvalue weighted by molar-refractivity contribution is 0.102. The fraction of sp³-hybridized carbons (Fsp3) is 0.0833. The van der Waals surface area contributed by atoms with Crippen LogP contribution in [0.3, 0.4) is 0 Å². The van der Waals surface area contributed by atoms with E-state index in [1.165, 1.54) is 6.33 Å². The molecule has 3 aromatic heterocycles. The first-order valence-corrected chi connectivity index (χ1v) is 15.0. The second-order valence-electron chi connectivity index (χ2n) is 10.4. The van der Waals surface area contributed by atoms with Crippen LogP contribution in [0.1, 0.15) is 23.0 Å². The van der Waals surface area contributed by atoms with Gasteiger partial charge in [0.25, 0.3) is 5.91 Å². The minimum Gasteiger partial charge on any atom is -0.492 e. The molecule has 0 atom stereocenters. The third-order valence-corrected chi connectivity index (χ3v) is 7.65. The van der Waals surface area contributed by atoms with Crippen molar-refractivity contribution < 1.29 is 14.3 Å². The molecular formula is C36H27ClN6O3. The third-order valence-electron chi connectivity index (χ3n) is 7.36. The Labute approximate surface area is 269 Å². The molecule has 0 radical (unpaired) electrons. The van der Waals surface area contributed by atoms with Gasteiger partial charge in [-0.1, -0.05) is 35.9 Å². The Morgan fingerprint density at radius 1 is 0.783 bits per heavy atom. The Morgan fingerprint density at radius 3 is 2.50 bits per heavy atom. The maximum absolute atomic E-state index is 13.5. The van der Waals surface area contributed by atoms with Gasteiger partial charge >= 0.3 is 0 Å². The molecule has 226 valence electrons. The molecule has 0 saturated carbocycles. The number of halogens is 1. The van der Waals surface area contributed by atoms with Crippen molar-refractivity contribution in [2.24, 2.45) is 0 Å². The molecule has 7 rings (SSSR count). The van der Waals surface area contributed by atoms with Crippen LogP contribution >= 0.6 is 11.6 Å². The number of hydrogen-bond donors (Lipinski definition) is 2. The normalized spacial score (nSPS) is 11.1. The van der Waals surface area contributed by atoms with Gasteiger partial charge in [0.1, 0.15) is 30.3 Å². The number of rotatable bonds is 9. The predicted molar refractivity (Wildman–Crippen MR) is 181 cm³/mol. The van der Waals surface area contributed by atoms with E-state index >= 15 is 0 Å². The summed E-state index contributed by atoms with van der Waals surface area (Å²) in [6.45, 7) is 2.59. The molecule has 0 aliphatic rings. The molecule has 2 N–H and O–H groups in total. The average Bonchev–Trinajstić information content (AvgIpc) is 3.08. The molecule has 0 fully saturated rings. The standard InChI is InChI=1S/C36H27ClN6O3/c1-2-45-34-19-31-27(18-32(34)43-36(44)23-10-12-30-24(16-23)15-22-7-3-4-9-29(22)42-30)35(40-21-39-31)41-25-11-13-33(28(37)17-25)46-20-26-8-5-6-14-38-26/h3-19,21H,2,20H2,1H3,(H,43,44)(H,39,40,41). The lowest BCUT2D eigenvalue weighted by atomic mass is 10.1. The number of pyridine rings is 2. The summed E-state index contributed by atoms with van der Waals surface area (Å²) >= 11 is 6.56. The van der Waals surface area contributed by atoms with E-state index in [1.807, 2.05) is 79.7 Å². The summed E-state index contributed by atoms with van der Waals surface area (Å²) in [5, 5.41) is 9.36. The molecule has 10 heteroatoms. The van der Waals surface area contributed by atoms with Gasteiger partial charge in [0.05, 0.1) is 39.6 Å². The number of fused-ring (bicyclic) bond motifs is 3. The zero-order chi connectivity index (χ0) is 31.5. The van der Waals surface area contributed by atoms with Gasteiger partial charge in [0.15, 0.2) is 0 Å². The van der Waals surface area contributed by atoms with Gasteiger partial charge in [-0.05, 0) is 73.7 Å². The van der Waals surface area contributed by atoms with Gasteiger partial charge in [0.2, 0.25) is 0 Å².